The highest BCUT2D eigenvalue weighted by Gasteiger charge is 2.15. The average Bonchev–Trinajstić information content (AvgIpc) is 3.19. The lowest BCUT2D eigenvalue weighted by Gasteiger charge is -2.09. The minimum atomic E-state index is -0.0784. The second-order valence-electron chi connectivity index (χ2n) is 5.48. The Labute approximate surface area is 135 Å². The van der Waals surface area contributed by atoms with Gasteiger partial charge in [-0.15, -0.1) is 12.4 Å². The number of nitrogens with zero attached hydrogens (tertiary/aromatic N) is 1. The molecule has 6 heteroatoms. The van der Waals surface area contributed by atoms with E-state index in [4.69, 9.17) is 4.52 Å². The third-order valence-electron chi connectivity index (χ3n) is 3.84. The summed E-state index contributed by atoms with van der Waals surface area (Å²) in [5.74, 6) is 0.642. The second-order valence-corrected chi connectivity index (χ2v) is 5.48. The summed E-state index contributed by atoms with van der Waals surface area (Å²) in [5.41, 5.74) is 2.83. The third-order valence-corrected chi connectivity index (χ3v) is 3.84. The lowest BCUT2D eigenvalue weighted by atomic mass is 9.98. The van der Waals surface area contributed by atoms with Crippen molar-refractivity contribution in [1.29, 1.82) is 0 Å². The van der Waals surface area contributed by atoms with Gasteiger partial charge in [0.05, 0.1) is 6.20 Å². The Morgan fingerprint density at radius 3 is 2.77 bits per heavy atom. The molecule has 1 aromatic carbocycles. The normalized spacial score (nSPS) is 17.0. The summed E-state index contributed by atoms with van der Waals surface area (Å²) < 4.78 is 4.73. The molecule has 5 nitrogen and oxygen atoms in total. The topological polar surface area (TPSA) is 67.2 Å². The maximum atomic E-state index is 12.0. The van der Waals surface area contributed by atoms with Crippen LogP contribution < -0.4 is 10.6 Å². The number of carbonyl (C=O) groups excluding carboxylic acids is 1. The van der Waals surface area contributed by atoms with Crippen LogP contribution in [0.25, 0.3) is 0 Å². The molecule has 1 aromatic heterocycles. The van der Waals surface area contributed by atoms with Crippen molar-refractivity contribution >= 4 is 18.3 Å². The maximum Gasteiger partial charge on any atom is 0.251 e. The van der Waals surface area contributed by atoms with Crippen LogP contribution in [0.5, 0.6) is 0 Å². The summed E-state index contributed by atoms with van der Waals surface area (Å²) >= 11 is 0. The van der Waals surface area contributed by atoms with Crippen molar-refractivity contribution in [3.05, 3.63) is 53.4 Å². The number of amides is 1. The van der Waals surface area contributed by atoms with E-state index in [1.54, 1.807) is 6.20 Å². The standard InChI is InChI=1S/C16H19N3O2.ClH/c20-16(18-9-14-10-19-21-11-14)15-3-1-12(2-4-15)7-13-5-6-17-8-13;/h1-4,10-11,13,17H,5-9H2,(H,18,20);1H. The van der Waals surface area contributed by atoms with Crippen LogP contribution in [0.4, 0.5) is 0 Å². The van der Waals surface area contributed by atoms with E-state index in [9.17, 15) is 4.79 Å². The maximum absolute atomic E-state index is 12.0. The molecule has 1 aliphatic rings. The van der Waals surface area contributed by atoms with Crippen molar-refractivity contribution in [3.8, 4) is 0 Å². The molecule has 1 atom stereocenters. The molecule has 1 unspecified atom stereocenters. The molecule has 0 saturated carbocycles. The predicted molar refractivity (Wildman–Crippen MR) is 86.0 cm³/mol. The van der Waals surface area contributed by atoms with Crippen molar-refractivity contribution in [3.63, 3.8) is 0 Å². The summed E-state index contributed by atoms with van der Waals surface area (Å²) in [6, 6.07) is 7.88. The Kier molecular flexibility index (Phi) is 5.98. The highest BCUT2D eigenvalue weighted by molar-refractivity contribution is 5.94. The summed E-state index contributed by atoms with van der Waals surface area (Å²) in [6.45, 7) is 2.65. The predicted octanol–water partition coefficient (Wildman–Crippen LogP) is 2.18. The lowest BCUT2D eigenvalue weighted by Crippen LogP contribution is -2.22. The quantitative estimate of drug-likeness (QED) is 0.885. The van der Waals surface area contributed by atoms with Gasteiger partial charge in [0.2, 0.25) is 0 Å². The van der Waals surface area contributed by atoms with Crippen LogP contribution >= 0.6 is 12.4 Å². The van der Waals surface area contributed by atoms with Crippen molar-refractivity contribution in [1.82, 2.24) is 15.8 Å². The number of benzene rings is 1. The van der Waals surface area contributed by atoms with E-state index in [2.05, 4.69) is 15.8 Å². The minimum Gasteiger partial charge on any atom is -0.364 e. The zero-order valence-electron chi connectivity index (χ0n) is 12.2. The van der Waals surface area contributed by atoms with Gasteiger partial charge in [0.1, 0.15) is 6.26 Å². The van der Waals surface area contributed by atoms with Crippen LogP contribution in [0.15, 0.2) is 41.2 Å². The fourth-order valence-corrected chi connectivity index (χ4v) is 2.61. The molecule has 2 N–H and O–H groups in total. The van der Waals surface area contributed by atoms with Gasteiger partial charge < -0.3 is 15.2 Å². The molecule has 22 heavy (non-hydrogen) atoms. The molecule has 3 rings (SSSR count). The van der Waals surface area contributed by atoms with Crippen molar-refractivity contribution in [2.45, 2.75) is 19.4 Å². The summed E-state index contributed by atoms with van der Waals surface area (Å²) in [5, 5.41) is 9.82. The molecular weight excluding hydrogens is 302 g/mol. The SMILES string of the molecule is Cl.O=C(NCc1cnoc1)c1ccc(CC2CCNC2)cc1. The van der Waals surface area contributed by atoms with Gasteiger partial charge >= 0.3 is 0 Å². The van der Waals surface area contributed by atoms with Crippen LogP contribution in [-0.2, 0) is 13.0 Å². The molecule has 1 amide bonds. The summed E-state index contributed by atoms with van der Waals surface area (Å²) in [4.78, 5) is 12.0. The van der Waals surface area contributed by atoms with E-state index >= 15 is 0 Å². The van der Waals surface area contributed by atoms with Crippen molar-refractivity contribution in [2.24, 2.45) is 5.92 Å². The molecule has 0 aliphatic carbocycles. The van der Waals surface area contributed by atoms with E-state index in [0.717, 1.165) is 31.0 Å². The van der Waals surface area contributed by atoms with Gasteiger partial charge in [-0.25, -0.2) is 0 Å². The number of hydrogen-bond acceptors (Lipinski definition) is 4. The Balaban J connectivity index is 0.00000176. The minimum absolute atomic E-state index is 0. The highest BCUT2D eigenvalue weighted by atomic mass is 35.5. The fraction of sp³-hybridized carbons (Fsp3) is 0.375. The van der Waals surface area contributed by atoms with Gasteiger partial charge in [0.15, 0.2) is 0 Å². The average molecular weight is 322 g/mol. The number of nitrogens with one attached hydrogen (secondary N) is 2. The van der Waals surface area contributed by atoms with Crippen molar-refractivity contribution < 1.29 is 9.32 Å². The Morgan fingerprint density at radius 2 is 2.14 bits per heavy atom. The van der Waals surface area contributed by atoms with Crippen LogP contribution in [0, 0.1) is 5.92 Å². The van der Waals surface area contributed by atoms with Gasteiger partial charge in [-0.3, -0.25) is 4.79 Å². The lowest BCUT2D eigenvalue weighted by molar-refractivity contribution is 0.0951. The molecule has 1 aliphatic heterocycles. The number of hydrogen-bond donors (Lipinski definition) is 2. The monoisotopic (exact) mass is 321 g/mol. The molecule has 2 aromatic rings. The molecule has 2 heterocycles. The number of aromatic nitrogens is 1. The summed E-state index contributed by atoms with van der Waals surface area (Å²) in [6.07, 6.45) is 5.44. The zero-order chi connectivity index (χ0) is 14.5. The van der Waals surface area contributed by atoms with E-state index < -0.39 is 0 Å². The van der Waals surface area contributed by atoms with Gasteiger partial charge in [0.25, 0.3) is 5.91 Å². The molecule has 1 fully saturated rings. The zero-order valence-corrected chi connectivity index (χ0v) is 13.1. The number of carbonyl (C=O) groups is 1. The second kappa shape index (κ2) is 7.96. The van der Waals surface area contributed by atoms with Gasteiger partial charge in [-0.2, -0.15) is 0 Å². The smallest absolute Gasteiger partial charge is 0.251 e. The van der Waals surface area contributed by atoms with E-state index in [-0.39, 0.29) is 18.3 Å². The molecule has 1 saturated heterocycles. The Bertz CT molecular complexity index is 578. The largest absolute Gasteiger partial charge is 0.364 e. The van der Waals surface area contributed by atoms with E-state index in [0.29, 0.717) is 12.1 Å². The number of rotatable bonds is 5. The van der Waals surface area contributed by atoms with Crippen molar-refractivity contribution in [2.75, 3.05) is 13.1 Å². The third kappa shape index (κ3) is 4.32. The van der Waals surface area contributed by atoms with Crippen LogP contribution in [0.2, 0.25) is 0 Å². The molecule has 0 spiro atoms. The van der Waals surface area contributed by atoms with Gasteiger partial charge in [-0.1, -0.05) is 17.3 Å². The van der Waals surface area contributed by atoms with E-state index in [1.807, 2.05) is 24.3 Å². The number of halogens is 1. The van der Waals surface area contributed by atoms with Gasteiger partial charge in [-0.05, 0) is 49.5 Å². The van der Waals surface area contributed by atoms with E-state index in [1.165, 1.54) is 18.2 Å². The fourth-order valence-electron chi connectivity index (χ4n) is 2.61. The summed E-state index contributed by atoms with van der Waals surface area (Å²) in [7, 11) is 0. The molecule has 0 bridgehead atoms. The first-order valence-corrected chi connectivity index (χ1v) is 7.27. The highest BCUT2D eigenvalue weighted by Crippen LogP contribution is 2.15. The molecule has 118 valence electrons. The van der Waals surface area contributed by atoms with Crippen LogP contribution in [0.1, 0.15) is 27.9 Å². The molecule has 0 radical (unpaired) electrons. The van der Waals surface area contributed by atoms with Gasteiger partial charge in [0, 0.05) is 17.7 Å². The first kappa shape index (κ1) is 16.5. The Hall–Kier alpha value is -1.85. The molecular formula is C16H20ClN3O2. The Morgan fingerprint density at radius 1 is 1.32 bits per heavy atom. The first-order chi connectivity index (χ1) is 10.3. The first-order valence-electron chi connectivity index (χ1n) is 7.27. The van der Waals surface area contributed by atoms with Crippen LogP contribution in [-0.4, -0.2) is 24.2 Å². The van der Waals surface area contributed by atoms with Crippen LogP contribution in [0.3, 0.4) is 0 Å².